The zero-order valence-electron chi connectivity index (χ0n) is 7.47. The number of hydrogen-bond acceptors (Lipinski definition) is 3. The molecule has 4 nitrogen and oxygen atoms in total. The molecule has 0 unspecified atom stereocenters. The summed E-state index contributed by atoms with van der Waals surface area (Å²) in [6.07, 6.45) is -2.78. The number of carboxylic acid groups (broad SMARTS) is 1. The number of carboxylic acids is 1. The summed E-state index contributed by atoms with van der Waals surface area (Å²) in [7, 11) is 0. The van der Waals surface area contributed by atoms with Gasteiger partial charge in [-0.05, 0) is 25.9 Å². The van der Waals surface area contributed by atoms with E-state index in [4.69, 9.17) is 15.6 Å². The first kappa shape index (κ1) is 13.2. The molecule has 1 aliphatic rings. The van der Waals surface area contributed by atoms with E-state index in [1.165, 1.54) is 0 Å². The molecule has 0 radical (unpaired) electrons. The summed E-state index contributed by atoms with van der Waals surface area (Å²) in [4.78, 5) is 8.90. The average Bonchev–Trinajstić information content (AvgIpc) is 2.04. The highest BCUT2D eigenvalue weighted by Crippen LogP contribution is 2.13. The van der Waals surface area contributed by atoms with Crippen molar-refractivity contribution in [3.05, 3.63) is 0 Å². The largest absolute Gasteiger partial charge is 0.490 e. The van der Waals surface area contributed by atoms with Gasteiger partial charge < -0.3 is 16.2 Å². The second-order valence-electron chi connectivity index (χ2n) is 2.89. The number of piperidine rings is 1. The molecule has 0 bridgehead atoms. The molecule has 0 atom stereocenters. The summed E-state index contributed by atoms with van der Waals surface area (Å²) in [6, 6.07) is 0.473. The lowest BCUT2D eigenvalue weighted by molar-refractivity contribution is -0.192. The van der Waals surface area contributed by atoms with Gasteiger partial charge in [-0.25, -0.2) is 4.79 Å². The molecule has 0 saturated carbocycles. The Morgan fingerprint density at radius 2 is 1.71 bits per heavy atom. The lowest BCUT2D eigenvalue weighted by Crippen LogP contribution is -2.35. The molecule has 0 aromatic carbocycles. The van der Waals surface area contributed by atoms with Crippen LogP contribution in [-0.2, 0) is 4.79 Å². The summed E-state index contributed by atoms with van der Waals surface area (Å²) >= 11 is 0. The Kier molecular flexibility index (Phi) is 5.47. The smallest absolute Gasteiger partial charge is 0.475 e. The maximum Gasteiger partial charge on any atom is 0.490 e. The number of hydrogen-bond donors (Lipinski definition) is 3. The average molecular weight is 214 g/mol. The minimum Gasteiger partial charge on any atom is -0.475 e. The van der Waals surface area contributed by atoms with Crippen molar-refractivity contribution in [2.24, 2.45) is 5.73 Å². The molecule has 0 aromatic rings. The second-order valence-corrected chi connectivity index (χ2v) is 2.89. The zero-order chi connectivity index (χ0) is 11.2. The fourth-order valence-corrected chi connectivity index (χ4v) is 0.844. The van der Waals surface area contributed by atoms with Crippen LogP contribution in [-0.4, -0.2) is 36.4 Å². The summed E-state index contributed by atoms with van der Waals surface area (Å²) < 4.78 is 31.7. The van der Waals surface area contributed by atoms with Gasteiger partial charge in [-0.1, -0.05) is 0 Å². The molecule has 4 N–H and O–H groups in total. The third kappa shape index (κ3) is 6.67. The minimum atomic E-state index is -5.08. The highest BCUT2D eigenvalue weighted by molar-refractivity contribution is 5.73. The van der Waals surface area contributed by atoms with E-state index in [0.717, 1.165) is 25.9 Å². The normalized spacial score (nSPS) is 18.3. The molecule has 7 heteroatoms. The molecule has 14 heavy (non-hydrogen) atoms. The summed E-state index contributed by atoms with van der Waals surface area (Å²) in [5.41, 5.74) is 5.59. The van der Waals surface area contributed by atoms with Crippen molar-refractivity contribution in [3.8, 4) is 0 Å². The lowest BCUT2D eigenvalue weighted by Gasteiger charge is -2.17. The number of nitrogens with one attached hydrogen (secondary N) is 1. The van der Waals surface area contributed by atoms with Gasteiger partial charge in [0, 0.05) is 6.04 Å². The number of halogens is 3. The van der Waals surface area contributed by atoms with Crippen LogP contribution >= 0.6 is 0 Å². The van der Waals surface area contributed by atoms with Crippen LogP contribution in [0.25, 0.3) is 0 Å². The number of rotatable bonds is 0. The predicted octanol–water partition coefficient (Wildman–Crippen LogP) is 0.330. The van der Waals surface area contributed by atoms with Gasteiger partial charge >= 0.3 is 12.1 Å². The summed E-state index contributed by atoms with van der Waals surface area (Å²) in [5.74, 6) is -2.76. The van der Waals surface area contributed by atoms with Gasteiger partial charge in [-0.15, -0.1) is 0 Å². The van der Waals surface area contributed by atoms with Crippen LogP contribution in [0.3, 0.4) is 0 Å². The van der Waals surface area contributed by atoms with Gasteiger partial charge in [-0.3, -0.25) is 0 Å². The Labute approximate surface area is 79.3 Å². The minimum absolute atomic E-state index is 0.473. The van der Waals surface area contributed by atoms with Crippen LogP contribution in [0.1, 0.15) is 12.8 Å². The van der Waals surface area contributed by atoms with E-state index in [2.05, 4.69) is 5.32 Å². The summed E-state index contributed by atoms with van der Waals surface area (Å²) in [5, 5.41) is 10.4. The first-order chi connectivity index (χ1) is 6.34. The first-order valence-electron chi connectivity index (χ1n) is 4.10. The summed E-state index contributed by atoms with van der Waals surface area (Å²) in [6.45, 7) is 2.22. The highest BCUT2D eigenvalue weighted by atomic mass is 19.4. The lowest BCUT2D eigenvalue weighted by atomic mass is 10.1. The topological polar surface area (TPSA) is 75.3 Å². The Balaban J connectivity index is 0.000000241. The van der Waals surface area contributed by atoms with Crippen molar-refractivity contribution < 1.29 is 23.1 Å². The van der Waals surface area contributed by atoms with Gasteiger partial charge in [0.2, 0.25) is 0 Å². The third-order valence-corrected chi connectivity index (χ3v) is 1.63. The van der Waals surface area contributed by atoms with Crippen LogP contribution in [0, 0.1) is 0 Å². The van der Waals surface area contributed by atoms with Crippen molar-refractivity contribution in [1.29, 1.82) is 0 Å². The Bertz CT molecular complexity index is 178. The fourth-order valence-electron chi connectivity index (χ4n) is 0.844. The molecular weight excluding hydrogens is 201 g/mol. The molecule has 0 aromatic heterocycles. The molecule has 1 heterocycles. The molecule has 0 aliphatic carbocycles. The van der Waals surface area contributed by atoms with Crippen LogP contribution < -0.4 is 11.1 Å². The van der Waals surface area contributed by atoms with E-state index in [-0.39, 0.29) is 0 Å². The number of carbonyl (C=O) groups is 1. The van der Waals surface area contributed by atoms with E-state index in [0.29, 0.717) is 6.04 Å². The number of nitrogens with two attached hydrogens (primary N) is 1. The monoisotopic (exact) mass is 214 g/mol. The molecular formula is C7H13F3N2O2. The van der Waals surface area contributed by atoms with E-state index < -0.39 is 12.1 Å². The first-order valence-corrected chi connectivity index (χ1v) is 4.10. The Hall–Kier alpha value is -0.820. The van der Waals surface area contributed by atoms with Crippen molar-refractivity contribution in [3.63, 3.8) is 0 Å². The molecule has 1 rings (SSSR count). The van der Waals surface area contributed by atoms with E-state index in [1.54, 1.807) is 0 Å². The van der Waals surface area contributed by atoms with Crippen LogP contribution in [0.2, 0.25) is 0 Å². The van der Waals surface area contributed by atoms with E-state index in [1.807, 2.05) is 0 Å². The SMILES string of the molecule is NC1CCNCC1.O=C(O)C(F)(F)F. The maximum atomic E-state index is 10.6. The quantitative estimate of drug-likeness (QED) is 0.543. The predicted molar refractivity (Wildman–Crippen MR) is 43.8 cm³/mol. The van der Waals surface area contributed by atoms with E-state index >= 15 is 0 Å². The van der Waals surface area contributed by atoms with Crippen LogP contribution in [0.4, 0.5) is 13.2 Å². The highest BCUT2D eigenvalue weighted by Gasteiger charge is 2.38. The number of aliphatic carboxylic acids is 1. The molecule has 1 fully saturated rings. The molecule has 1 aliphatic heterocycles. The van der Waals surface area contributed by atoms with Gasteiger partial charge in [0.25, 0.3) is 0 Å². The Morgan fingerprint density at radius 1 is 1.36 bits per heavy atom. The molecule has 1 saturated heterocycles. The maximum absolute atomic E-state index is 10.6. The van der Waals surface area contributed by atoms with Crippen molar-refractivity contribution >= 4 is 5.97 Å². The van der Waals surface area contributed by atoms with Gasteiger partial charge in [0.1, 0.15) is 0 Å². The van der Waals surface area contributed by atoms with Crippen LogP contribution in [0.15, 0.2) is 0 Å². The fraction of sp³-hybridized carbons (Fsp3) is 0.857. The number of alkyl halides is 3. The van der Waals surface area contributed by atoms with Crippen molar-refractivity contribution in [2.45, 2.75) is 25.1 Å². The van der Waals surface area contributed by atoms with Crippen molar-refractivity contribution in [1.82, 2.24) is 5.32 Å². The third-order valence-electron chi connectivity index (χ3n) is 1.63. The standard InChI is InChI=1S/C5H12N2.C2HF3O2/c6-5-1-3-7-4-2-5;3-2(4,5)1(6)7/h5,7H,1-4,6H2;(H,6,7). The van der Waals surface area contributed by atoms with Gasteiger partial charge in [0.15, 0.2) is 0 Å². The van der Waals surface area contributed by atoms with Gasteiger partial charge in [-0.2, -0.15) is 13.2 Å². The zero-order valence-corrected chi connectivity index (χ0v) is 7.47. The molecule has 0 spiro atoms. The molecule has 84 valence electrons. The second kappa shape index (κ2) is 5.82. The Morgan fingerprint density at radius 3 is 1.86 bits per heavy atom. The van der Waals surface area contributed by atoms with Gasteiger partial charge in [0.05, 0.1) is 0 Å². The van der Waals surface area contributed by atoms with Crippen LogP contribution in [0.5, 0.6) is 0 Å². The van der Waals surface area contributed by atoms with E-state index in [9.17, 15) is 13.2 Å². The van der Waals surface area contributed by atoms with Crippen molar-refractivity contribution in [2.75, 3.05) is 13.1 Å². The molecule has 0 amide bonds.